The largest absolute Gasteiger partial charge is 0.481 e. The number of aliphatic carboxylic acids is 1. The van der Waals surface area contributed by atoms with Gasteiger partial charge in [-0.15, -0.1) is 5.92 Å². The number of amides is 1. The van der Waals surface area contributed by atoms with E-state index in [-0.39, 0.29) is 34.6 Å². The third kappa shape index (κ3) is 8.84. The summed E-state index contributed by atoms with van der Waals surface area (Å²) in [5.74, 6) is -1.20. The van der Waals surface area contributed by atoms with Gasteiger partial charge in [0.25, 0.3) is 5.56 Å². The molecule has 4 rings (SSSR count). The zero-order valence-corrected chi connectivity index (χ0v) is 29.3. The lowest BCUT2D eigenvalue weighted by atomic mass is 9.87. The molecule has 1 saturated heterocycles. The van der Waals surface area contributed by atoms with Crippen molar-refractivity contribution in [2.24, 2.45) is 5.92 Å². The molecule has 51 heavy (non-hydrogen) atoms. The molecule has 3 aromatic rings. The fourth-order valence-electron chi connectivity index (χ4n) is 6.90. The fraction of sp³-hybridized carbons (Fsp3) is 0.447. The van der Waals surface area contributed by atoms with E-state index in [9.17, 15) is 37.1 Å². The van der Waals surface area contributed by atoms with Crippen molar-refractivity contribution in [3.63, 3.8) is 0 Å². The number of nitrogens with zero attached hydrogens (tertiary/aromatic N) is 2. The molecule has 274 valence electrons. The number of alkyl halides is 3. The Kier molecular flexibility index (Phi) is 12.1. The minimum Gasteiger partial charge on any atom is -0.481 e. The van der Waals surface area contributed by atoms with Crippen molar-refractivity contribution in [1.29, 1.82) is 0 Å². The quantitative estimate of drug-likeness (QED) is 0.166. The Balaban J connectivity index is 1.88. The van der Waals surface area contributed by atoms with Gasteiger partial charge in [-0.1, -0.05) is 19.8 Å². The highest BCUT2D eigenvalue weighted by molar-refractivity contribution is 5.83. The summed E-state index contributed by atoms with van der Waals surface area (Å²) in [4.78, 5) is 41.5. The maximum Gasteiger partial charge on any atom is 0.416 e. The highest BCUT2D eigenvalue weighted by atomic mass is 19.4. The summed E-state index contributed by atoms with van der Waals surface area (Å²) in [7, 11) is 1.85. The number of benzene rings is 2. The summed E-state index contributed by atoms with van der Waals surface area (Å²) >= 11 is 0. The summed E-state index contributed by atoms with van der Waals surface area (Å²) in [5, 5.41) is 12.2. The molecular weight excluding hydrogens is 676 g/mol. The smallest absolute Gasteiger partial charge is 0.416 e. The first-order valence-corrected chi connectivity index (χ1v) is 16.6. The van der Waals surface area contributed by atoms with Crippen LogP contribution in [0.15, 0.2) is 35.3 Å². The molecule has 13 heteroatoms. The molecular formula is C38H41F6N3O4. The minimum atomic E-state index is -4.85. The van der Waals surface area contributed by atoms with Gasteiger partial charge in [-0.05, 0) is 112 Å². The number of carboxylic acid groups (broad SMARTS) is 1. The number of carbonyl (C=O) groups is 2. The van der Waals surface area contributed by atoms with E-state index in [2.05, 4.69) is 17.2 Å². The molecule has 1 aliphatic rings. The summed E-state index contributed by atoms with van der Waals surface area (Å²) in [6.45, 7) is 8.96. The Bertz CT molecular complexity index is 1910. The Labute approximate surface area is 292 Å². The van der Waals surface area contributed by atoms with Crippen molar-refractivity contribution in [2.75, 3.05) is 20.1 Å². The van der Waals surface area contributed by atoms with Crippen LogP contribution < -0.4 is 10.9 Å². The van der Waals surface area contributed by atoms with Crippen LogP contribution in [-0.2, 0) is 15.8 Å². The van der Waals surface area contributed by atoms with Gasteiger partial charge in [0.15, 0.2) is 0 Å². The number of halogens is 6. The fourth-order valence-corrected chi connectivity index (χ4v) is 6.90. The second-order valence-electron chi connectivity index (χ2n) is 13.6. The third-order valence-corrected chi connectivity index (χ3v) is 9.21. The number of hydrogen-bond acceptors (Lipinski definition) is 4. The zero-order chi connectivity index (χ0) is 37.9. The summed E-state index contributed by atoms with van der Waals surface area (Å²) < 4.78 is 90.5. The van der Waals surface area contributed by atoms with Gasteiger partial charge < -0.3 is 19.9 Å². The molecule has 0 bridgehead atoms. The van der Waals surface area contributed by atoms with Gasteiger partial charge in [0.2, 0.25) is 5.91 Å². The van der Waals surface area contributed by atoms with Crippen LogP contribution in [0.4, 0.5) is 26.3 Å². The van der Waals surface area contributed by atoms with E-state index < -0.39 is 76.6 Å². The number of hydrogen-bond donors (Lipinski definition) is 2. The number of pyridine rings is 1. The standard InChI is InChI=1S/C38H41F6N3O4/c1-7-8-24-16-28(40)35(36(41)34(24)33-21(4)14-25(39)15-22(33)5)29(18-32(49)50)45-37(51)30(13-20(2)3)47-19-26(23-9-11-46(6)12-10-23)27(17-31(47)48)38(42,43)44/h14-17,19-20,23,29-30H,9-13,18H2,1-6H3,(H,45,51)(H,49,50)/t29-,30+/m0/s1. The van der Waals surface area contributed by atoms with Gasteiger partial charge in [-0.3, -0.25) is 14.4 Å². The first-order valence-electron chi connectivity index (χ1n) is 16.6. The summed E-state index contributed by atoms with van der Waals surface area (Å²) in [6, 6.07) is 0.402. The van der Waals surface area contributed by atoms with E-state index in [0.29, 0.717) is 43.1 Å². The molecule has 0 unspecified atom stereocenters. The molecule has 2 N–H and O–H groups in total. The lowest BCUT2D eigenvalue weighted by molar-refractivity contribution is -0.139. The van der Waals surface area contributed by atoms with Crippen molar-refractivity contribution in [1.82, 2.24) is 14.8 Å². The molecule has 2 atom stereocenters. The molecule has 1 aliphatic heterocycles. The van der Waals surface area contributed by atoms with Crippen molar-refractivity contribution in [2.45, 2.75) is 84.5 Å². The van der Waals surface area contributed by atoms with E-state index in [1.165, 1.54) is 20.8 Å². The monoisotopic (exact) mass is 717 g/mol. The van der Waals surface area contributed by atoms with Crippen LogP contribution in [0.1, 0.15) is 97.8 Å². The van der Waals surface area contributed by atoms with Crippen molar-refractivity contribution < 1.29 is 41.0 Å². The maximum atomic E-state index is 16.7. The van der Waals surface area contributed by atoms with Gasteiger partial charge in [0.1, 0.15) is 23.5 Å². The van der Waals surface area contributed by atoms with Crippen molar-refractivity contribution in [3.8, 4) is 23.0 Å². The number of carboxylic acids is 1. The Morgan fingerprint density at radius 2 is 1.63 bits per heavy atom. The third-order valence-electron chi connectivity index (χ3n) is 9.21. The number of nitrogens with one attached hydrogen (secondary N) is 1. The van der Waals surface area contributed by atoms with E-state index >= 15 is 8.78 Å². The molecule has 2 aromatic carbocycles. The molecule has 1 aromatic heterocycles. The topological polar surface area (TPSA) is 91.6 Å². The van der Waals surface area contributed by atoms with E-state index in [0.717, 1.165) is 29.0 Å². The van der Waals surface area contributed by atoms with Gasteiger partial charge in [-0.2, -0.15) is 13.2 Å². The van der Waals surface area contributed by atoms with Gasteiger partial charge in [-0.25, -0.2) is 13.2 Å². The zero-order valence-electron chi connectivity index (χ0n) is 29.3. The average molecular weight is 718 g/mol. The van der Waals surface area contributed by atoms with Gasteiger partial charge in [0, 0.05) is 29.0 Å². The minimum absolute atomic E-state index is 0.0705. The number of aromatic nitrogens is 1. The maximum absolute atomic E-state index is 16.7. The highest BCUT2D eigenvalue weighted by Gasteiger charge is 2.39. The van der Waals surface area contributed by atoms with Crippen LogP contribution in [0.25, 0.3) is 11.1 Å². The molecule has 0 saturated carbocycles. The summed E-state index contributed by atoms with van der Waals surface area (Å²) in [5.41, 5.74) is -2.68. The van der Waals surface area contributed by atoms with Gasteiger partial charge in [0.05, 0.1) is 18.0 Å². The number of aryl methyl sites for hydroxylation is 2. The average Bonchev–Trinajstić information content (AvgIpc) is 3.00. The van der Waals surface area contributed by atoms with Crippen LogP contribution in [0.2, 0.25) is 0 Å². The molecule has 1 amide bonds. The van der Waals surface area contributed by atoms with Crippen LogP contribution in [0.3, 0.4) is 0 Å². The van der Waals surface area contributed by atoms with Crippen LogP contribution in [0, 0.1) is 49.1 Å². The molecule has 0 aliphatic carbocycles. The van der Waals surface area contributed by atoms with Crippen LogP contribution in [0.5, 0.6) is 0 Å². The second kappa shape index (κ2) is 15.8. The molecule has 7 nitrogen and oxygen atoms in total. The molecule has 2 heterocycles. The first kappa shape index (κ1) is 39.2. The molecule has 1 fully saturated rings. The number of carbonyl (C=O) groups excluding carboxylic acids is 1. The van der Waals surface area contributed by atoms with Gasteiger partial charge >= 0.3 is 12.1 Å². The Hall–Kier alpha value is -4.57. The van der Waals surface area contributed by atoms with Crippen molar-refractivity contribution in [3.05, 3.63) is 91.6 Å². The Morgan fingerprint density at radius 1 is 1.02 bits per heavy atom. The Morgan fingerprint density at radius 3 is 2.16 bits per heavy atom. The van der Waals surface area contributed by atoms with E-state index in [1.807, 2.05) is 11.9 Å². The molecule has 0 radical (unpaired) electrons. The number of rotatable bonds is 10. The predicted molar refractivity (Wildman–Crippen MR) is 181 cm³/mol. The van der Waals surface area contributed by atoms with E-state index in [1.54, 1.807) is 13.8 Å². The second-order valence-corrected chi connectivity index (χ2v) is 13.6. The SMILES string of the molecule is CC#Cc1cc(F)c([C@H](CC(=O)O)NC(=O)[C@@H](CC(C)C)n2cc(C3CCN(C)CC3)c(C(F)(F)F)cc2=O)c(F)c1-c1c(C)cc(F)cc1C. The van der Waals surface area contributed by atoms with Crippen LogP contribution in [-0.4, -0.2) is 46.6 Å². The number of likely N-dealkylation sites (tertiary alicyclic amines) is 1. The predicted octanol–water partition coefficient (Wildman–Crippen LogP) is 7.67. The number of piperidine rings is 1. The molecule has 0 spiro atoms. The normalized spacial score (nSPS) is 15.3. The summed E-state index contributed by atoms with van der Waals surface area (Å²) in [6.07, 6.45) is -4.09. The lowest BCUT2D eigenvalue weighted by Gasteiger charge is -2.32. The lowest BCUT2D eigenvalue weighted by Crippen LogP contribution is -2.41. The first-order chi connectivity index (χ1) is 23.8. The van der Waals surface area contributed by atoms with Crippen LogP contribution >= 0.6 is 0 Å². The van der Waals surface area contributed by atoms with E-state index in [4.69, 9.17) is 0 Å². The highest BCUT2D eigenvalue weighted by Crippen LogP contribution is 2.40. The van der Waals surface area contributed by atoms with Crippen molar-refractivity contribution >= 4 is 11.9 Å².